The van der Waals surface area contributed by atoms with Gasteiger partial charge in [-0.05, 0) is 25.1 Å². The molecule has 0 heterocycles. The number of methoxy groups -OCH3 is 1. The molecule has 104 valence electrons. The highest BCUT2D eigenvalue weighted by Gasteiger charge is 2.14. The van der Waals surface area contributed by atoms with Gasteiger partial charge in [0.1, 0.15) is 5.78 Å². The third-order valence-electron chi connectivity index (χ3n) is 2.56. The van der Waals surface area contributed by atoms with Crippen LogP contribution in [0.1, 0.15) is 30.1 Å². The molecule has 0 unspecified atom stereocenters. The number of carbonyl (C=O) groups excluding carboxylic acids is 2. The fourth-order valence-electron chi connectivity index (χ4n) is 1.54. The number of benzene rings is 1. The van der Waals surface area contributed by atoms with Crippen molar-refractivity contribution >= 4 is 11.6 Å². The van der Waals surface area contributed by atoms with Crippen LogP contribution in [0, 0.1) is 5.82 Å². The second-order valence-corrected chi connectivity index (χ2v) is 3.93. The SMILES string of the molecule is CCOCCC(=O)CC(=O)c1ccc(OC)c(F)c1. The van der Waals surface area contributed by atoms with Crippen molar-refractivity contribution in [2.45, 2.75) is 19.8 Å². The van der Waals surface area contributed by atoms with Crippen LogP contribution in [-0.4, -0.2) is 31.9 Å². The number of carbonyl (C=O) groups is 2. The molecule has 0 fully saturated rings. The zero-order chi connectivity index (χ0) is 14.3. The third-order valence-corrected chi connectivity index (χ3v) is 2.56. The van der Waals surface area contributed by atoms with Crippen LogP contribution in [0.2, 0.25) is 0 Å². The molecule has 19 heavy (non-hydrogen) atoms. The van der Waals surface area contributed by atoms with Crippen LogP contribution in [0.5, 0.6) is 5.75 Å². The molecule has 1 aromatic carbocycles. The predicted octanol–water partition coefficient (Wildman–Crippen LogP) is 2.40. The molecule has 0 saturated heterocycles. The third kappa shape index (κ3) is 4.79. The van der Waals surface area contributed by atoms with Gasteiger partial charge in [-0.1, -0.05) is 0 Å². The maximum Gasteiger partial charge on any atom is 0.170 e. The second kappa shape index (κ2) is 7.63. The van der Waals surface area contributed by atoms with Crippen LogP contribution in [0.4, 0.5) is 4.39 Å². The Morgan fingerprint density at radius 2 is 2.05 bits per heavy atom. The molecule has 0 N–H and O–H groups in total. The summed E-state index contributed by atoms with van der Waals surface area (Å²) >= 11 is 0. The standard InChI is InChI=1S/C14H17FO4/c1-3-19-7-6-11(16)9-13(17)10-4-5-14(18-2)12(15)8-10/h4-5,8H,3,6-7,9H2,1-2H3. The van der Waals surface area contributed by atoms with E-state index in [-0.39, 0.29) is 29.9 Å². The van der Waals surface area contributed by atoms with Gasteiger partial charge in [-0.3, -0.25) is 9.59 Å². The molecule has 0 aliphatic carbocycles. The molecule has 0 aliphatic heterocycles. The van der Waals surface area contributed by atoms with E-state index in [0.29, 0.717) is 13.2 Å². The van der Waals surface area contributed by atoms with Gasteiger partial charge in [0, 0.05) is 18.6 Å². The monoisotopic (exact) mass is 268 g/mol. The Labute approximate surface area is 111 Å². The smallest absolute Gasteiger partial charge is 0.170 e. The highest BCUT2D eigenvalue weighted by Crippen LogP contribution is 2.18. The maximum atomic E-state index is 13.4. The number of ether oxygens (including phenoxy) is 2. The van der Waals surface area contributed by atoms with Gasteiger partial charge < -0.3 is 9.47 Å². The van der Waals surface area contributed by atoms with E-state index in [1.165, 1.54) is 19.2 Å². The topological polar surface area (TPSA) is 52.6 Å². The minimum atomic E-state index is -0.616. The van der Waals surface area contributed by atoms with Gasteiger partial charge in [-0.2, -0.15) is 0 Å². The first-order chi connectivity index (χ1) is 9.08. The van der Waals surface area contributed by atoms with E-state index in [4.69, 9.17) is 9.47 Å². The first-order valence-corrected chi connectivity index (χ1v) is 6.04. The lowest BCUT2D eigenvalue weighted by Crippen LogP contribution is -2.11. The Morgan fingerprint density at radius 3 is 2.63 bits per heavy atom. The molecule has 4 nitrogen and oxygen atoms in total. The van der Waals surface area contributed by atoms with Crippen molar-refractivity contribution in [2.75, 3.05) is 20.3 Å². The first kappa shape index (κ1) is 15.3. The lowest BCUT2D eigenvalue weighted by atomic mass is 10.0. The fourth-order valence-corrected chi connectivity index (χ4v) is 1.54. The van der Waals surface area contributed by atoms with E-state index < -0.39 is 11.6 Å². The van der Waals surface area contributed by atoms with Crippen LogP contribution in [0.15, 0.2) is 18.2 Å². The Morgan fingerprint density at radius 1 is 1.32 bits per heavy atom. The van der Waals surface area contributed by atoms with Crippen molar-refractivity contribution in [3.05, 3.63) is 29.6 Å². The lowest BCUT2D eigenvalue weighted by Gasteiger charge is -2.04. The normalized spacial score (nSPS) is 10.3. The van der Waals surface area contributed by atoms with Gasteiger partial charge in [-0.25, -0.2) is 4.39 Å². The first-order valence-electron chi connectivity index (χ1n) is 6.04. The van der Waals surface area contributed by atoms with Crippen molar-refractivity contribution in [1.82, 2.24) is 0 Å². The van der Waals surface area contributed by atoms with Crippen molar-refractivity contribution in [1.29, 1.82) is 0 Å². The number of hydrogen-bond donors (Lipinski definition) is 0. The quantitative estimate of drug-likeness (QED) is 0.413. The van der Waals surface area contributed by atoms with Crippen molar-refractivity contribution in [2.24, 2.45) is 0 Å². The van der Waals surface area contributed by atoms with E-state index in [0.717, 1.165) is 6.07 Å². The summed E-state index contributed by atoms with van der Waals surface area (Å²) in [4.78, 5) is 23.3. The number of Topliss-reactive ketones (excluding diaryl/α,β-unsaturated/α-hetero) is 2. The van der Waals surface area contributed by atoms with Crippen LogP contribution in [-0.2, 0) is 9.53 Å². The fraction of sp³-hybridized carbons (Fsp3) is 0.429. The number of rotatable bonds is 8. The largest absolute Gasteiger partial charge is 0.494 e. The average Bonchev–Trinajstić information content (AvgIpc) is 2.38. The number of halogens is 1. The molecule has 0 spiro atoms. The summed E-state index contributed by atoms with van der Waals surface area (Å²) < 4.78 is 23.2. The maximum absolute atomic E-state index is 13.4. The van der Waals surface area contributed by atoms with Gasteiger partial charge >= 0.3 is 0 Å². The zero-order valence-corrected chi connectivity index (χ0v) is 11.1. The lowest BCUT2D eigenvalue weighted by molar-refractivity contribution is -0.119. The summed E-state index contributed by atoms with van der Waals surface area (Å²) in [5.74, 6) is -1.16. The molecule has 5 heteroatoms. The summed E-state index contributed by atoms with van der Waals surface area (Å²) in [6.45, 7) is 2.67. The Hall–Kier alpha value is -1.75. The summed E-state index contributed by atoms with van der Waals surface area (Å²) in [6, 6.07) is 3.89. The van der Waals surface area contributed by atoms with Gasteiger partial charge in [-0.15, -0.1) is 0 Å². The number of ketones is 2. The highest BCUT2D eigenvalue weighted by atomic mass is 19.1. The Kier molecular flexibility index (Phi) is 6.15. The summed E-state index contributed by atoms with van der Waals surface area (Å²) in [5.41, 5.74) is 0.169. The zero-order valence-electron chi connectivity index (χ0n) is 11.1. The van der Waals surface area contributed by atoms with E-state index in [1.807, 2.05) is 6.92 Å². The van der Waals surface area contributed by atoms with Gasteiger partial charge in [0.05, 0.1) is 20.1 Å². The molecule has 1 rings (SSSR count). The van der Waals surface area contributed by atoms with Gasteiger partial charge in [0.25, 0.3) is 0 Å². The highest BCUT2D eigenvalue weighted by molar-refractivity contribution is 6.08. The molecule has 0 aliphatic rings. The Balaban J connectivity index is 2.58. The summed E-state index contributed by atoms with van der Waals surface area (Å²) in [6.07, 6.45) is -0.0446. The van der Waals surface area contributed by atoms with Crippen LogP contribution >= 0.6 is 0 Å². The summed E-state index contributed by atoms with van der Waals surface area (Å²) in [5, 5.41) is 0. The van der Waals surface area contributed by atoms with Crippen LogP contribution < -0.4 is 4.74 Å². The van der Waals surface area contributed by atoms with E-state index >= 15 is 0 Å². The molecular weight excluding hydrogens is 251 g/mol. The van der Waals surface area contributed by atoms with Crippen molar-refractivity contribution < 1.29 is 23.5 Å². The molecule has 0 amide bonds. The van der Waals surface area contributed by atoms with Gasteiger partial charge in [0.15, 0.2) is 17.3 Å². The minimum Gasteiger partial charge on any atom is -0.494 e. The molecule has 0 atom stereocenters. The van der Waals surface area contributed by atoms with Crippen LogP contribution in [0.3, 0.4) is 0 Å². The van der Waals surface area contributed by atoms with E-state index in [9.17, 15) is 14.0 Å². The molecule has 0 bridgehead atoms. The molecule has 0 radical (unpaired) electrons. The molecule has 0 saturated carbocycles. The predicted molar refractivity (Wildman–Crippen MR) is 68.0 cm³/mol. The minimum absolute atomic E-state index is 0.0687. The summed E-state index contributed by atoms with van der Waals surface area (Å²) in [7, 11) is 1.34. The average molecular weight is 268 g/mol. The molecule has 0 aromatic heterocycles. The molecular formula is C14H17FO4. The van der Waals surface area contributed by atoms with E-state index in [2.05, 4.69) is 0 Å². The van der Waals surface area contributed by atoms with Gasteiger partial charge in [0.2, 0.25) is 0 Å². The number of hydrogen-bond acceptors (Lipinski definition) is 4. The van der Waals surface area contributed by atoms with Crippen LogP contribution in [0.25, 0.3) is 0 Å². The molecule has 1 aromatic rings. The van der Waals surface area contributed by atoms with E-state index in [1.54, 1.807) is 0 Å². The van der Waals surface area contributed by atoms with Crippen molar-refractivity contribution in [3.8, 4) is 5.75 Å². The Bertz CT molecular complexity index is 457. The second-order valence-electron chi connectivity index (χ2n) is 3.93. The van der Waals surface area contributed by atoms with Crippen molar-refractivity contribution in [3.63, 3.8) is 0 Å².